The predicted octanol–water partition coefficient (Wildman–Crippen LogP) is 1.03. The van der Waals surface area contributed by atoms with Gasteiger partial charge in [0, 0.05) is 44.5 Å². The van der Waals surface area contributed by atoms with E-state index in [0.717, 1.165) is 50.1 Å². The van der Waals surface area contributed by atoms with Gasteiger partial charge in [-0.1, -0.05) is 13.8 Å². The molecular formula is C14H25N5. The van der Waals surface area contributed by atoms with Crippen LogP contribution >= 0.6 is 0 Å². The number of likely N-dealkylation sites (N-methyl/N-ethyl adjacent to an activating group) is 1. The summed E-state index contributed by atoms with van der Waals surface area (Å²) in [7, 11) is 2.16. The van der Waals surface area contributed by atoms with Gasteiger partial charge in [-0.3, -0.25) is 0 Å². The van der Waals surface area contributed by atoms with Crippen molar-refractivity contribution < 1.29 is 0 Å². The largest absolute Gasteiger partial charge is 0.338 e. The van der Waals surface area contributed by atoms with Crippen molar-refractivity contribution in [3.63, 3.8) is 0 Å². The third-order valence-electron chi connectivity index (χ3n) is 3.37. The highest BCUT2D eigenvalue weighted by molar-refractivity contribution is 5.33. The minimum Gasteiger partial charge on any atom is -0.338 e. The summed E-state index contributed by atoms with van der Waals surface area (Å²) in [4.78, 5) is 13.9. The molecule has 0 spiro atoms. The first-order chi connectivity index (χ1) is 9.04. The summed E-state index contributed by atoms with van der Waals surface area (Å²) >= 11 is 0. The molecule has 0 bridgehead atoms. The van der Waals surface area contributed by atoms with E-state index in [1.165, 1.54) is 0 Å². The van der Waals surface area contributed by atoms with Gasteiger partial charge in [0.1, 0.15) is 0 Å². The van der Waals surface area contributed by atoms with E-state index in [9.17, 15) is 0 Å². The molecule has 0 saturated carbocycles. The first-order valence-corrected chi connectivity index (χ1v) is 7.06. The van der Waals surface area contributed by atoms with E-state index in [2.05, 4.69) is 52.0 Å². The summed E-state index contributed by atoms with van der Waals surface area (Å²) in [6.45, 7) is 11.3. The zero-order valence-electron chi connectivity index (χ0n) is 12.5. The zero-order chi connectivity index (χ0) is 13.8. The van der Waals surface area contributed by atoms with Gasteiger partial charge in [-0.25, -0.2) is 9.97 Å². The molecule has 106 valence electrons. The minimum atomic E-state index is 0.474. The van der Waals surface area contributed by atoms with Crippen molar-refractivity contribution in [1.29, 1.82) is 0 Å². The quantitative estimate of drug-likeness (QED) is 0.879. The molecule has 5 nitrogen and oxygen atoms in total. The summed E-state index contributed by atoms with van der Waals surface area (Å²) < 4.78 is 0. The number of aromatic nitrogens is 2. The van der Waals surface area contributed by atoms with E-state index in [4.69, 9.17) is 0 Å². The van der Waals surface area contributed by atoms with Crippen LogP contribution in [0, 0.1) is 6.92 Å². The Kier molecular flexibility index (Phi) is 4.71. The number of nitrogens with one attached hydrogen (secondary N) is 1. The molecule has 1 aromatic rings. The Morgan fingerprint density at radius 3 is 2.53 bits per heavy atom. The van der Waals surface area contributed by atoms with E-state index in [1.807, 2.05) is 6.92 Å². The van der Waals surface area contributed by atoms with Crippen LogP contribution in [-0.4, -0.2) is 54.1 Å². The molecule has 0 radical (unpaired) electrons. The van der Waals surface area contributed by atoms with E-state index < -0.39 is 0 Å². The SMILES string of the molecule is Cc1cc(CNC(C)C)nc(N2CCN(C)CC2)n1. The minimum absolute atomic E-state index is 0.474. The van der Waals surface area contributed by atoms with Crippen LogP contribution in [0.15, 0.2) is 6.07 Å². The molecule has 19 heavy (non-hydrogen) atoms. The first-order valence-electron chi connectivity index (χ1n) is 7.06. The summed E-state index contributed by atoms with van der Waals surface area (Å²) in [6.07, 6.45) is 0. The van der Waals surface area contributed by atoms with Gasteiger partial charge < -0.3 is 15.1 Å². The van der Waals surface area contributed by atoms with Crippen LogP contribution in [-0.2, 0) is 6.54 Å². The second-order valence-electron chi connectivity index (χ2n) is 5.63. The van der Waals surface area contributed by atoms with E-state index >= 15 is 0 Å². The van der Waals surface area contributed by atoms with Gasteiger partial charge in [0.05, 0.1) is 5.69 Å². The standard InChI is InChI=1S/C14H25N5/c1-11(2)15-10-13-9-12(3)16-14(17-13)19-7-5-18(4)6-8-19/h9,11,15H,5-8,10H2,1-4H3. The number of nitrogens with zero attached hydrogens (tertiary/aromatic N) is 4. The average molecular weight is 263 g/mol. The Hall–Kier alpha value is -1.20. The first kappa shape index (κ1) is 14.2. The fourth-order valence-corrected chi connectivity index (χ4v) is 2.16. The van der Waals surface area contributed by atoms with Gasteiger partial charge in [0.2, 0.25) is 5.95 Å². The highest BCUT2D eigenvalue weighted by Crippen LogP contribution is 2.12. The molecule has 2 rings (SSSR count). The average Bonchev–Trinajstić information content (AvgIpc) is 2.36. The van der Waals surface area contributed by atoms with Crippen LogP contribution < -0.4 is 10.2 Å². The van der Waals surface area contributed by atoms with E-state index in [1.54, 1.807) is 0 Å². The maximum atomic E-state index is 4.69. The van der Waals surface area contributed by atoms with Gasteiger partial charge in [-0.15, -0.1) is 0 Å². The lowest BCUT2D eigenvalue weighted by molar-refractivity contribution is 0.311. The lowest BCUT2D eigenvalue weighted by Gasteiger charge is -2.32. The summed E-state index contributed by atoms with van der Waals surface area (Å²) in [6, 6.07) is 2.54. The second-order valence-corrected chi connectivity index (χ2v) is 5.63. The molecule has 1 aliphatic heterocycles. The lowest BCUT2D eigenvalue weighted by atomic mass is 10.3. The lowest BCUT2D eigenvalue weighted by Crippen LogP contribution is -2.45. The van der Waals surface area contributed by atoms with Crippen molar-refractivity contribution in [3.05, 3.63) is 17.5 Å². The Labute approximate surface area is 116 Å². The van der Waals surface area contributed by atoms with Gasteiger partial charge in [0.25, 0.3) is 0 Å². The molecule has 5 heteroatoms. The molecule has 0 atom stereocenters. The summed E-state index contributed by atoms with van der Waals surface area (Å²) in [5.41, 5.74) is 2.12. The van der Waals surface area contributed by atoms with Crippen molar-refractivity contribution in [1.82, 2.24) is 20.2 Å². The molecule has 0 aromatic carbocycles. The van der Waals surface area contributed by atoms with Gasteiger partial charge in [-0.2, -0.15) is 0 Å². The molecule has 1 N–H and O–H groups in total. The van der Waals surface area contributed by atoms with E-state index in [-0.39, 0.29) is 0 Å². The maximum Gasteiger partial charge on any atom is 0.225 e. The fraction of sp³-hybridized carbons (Fsp3) is 0.714. The number of anilines is 1. The number of hydrogen-bond donors (Lipinski definition) is 1. The van der Waals surface area contributed by atoms with Gasteiger partial charge in [-0.05, 0) is 20.0 Å². The Balaban J connectivity index is 2.07. The molecule has 1 saturated heterocycles. The Morgan fingerprint density at radius 1 is 1.21 bits per heavy atom. The van der Waals surface area contributed by atoms with Crippen molar-refractivity contribution in [2.45, 2.75) is 33.4 Å². The van der Waals surface area contributed by atoms with Gasteiger partial charge in [0.15, 0.2) is 0 Å². The summed E-state index contributed by atoms with van der Waals surface area (Å²) in [5.74, 6) is 0.883. The smallest absolute Gasteiger partial charge is 0.225 e. The van der Waals surface area contributed by atoms with Crippen molar-refractivity contribution >= 4 is 5.95 Å². The fourth-order valence-electron chi connectivity index (χ4n) is 2.16. The van der Waals surface area contributed by atoms with Crippen LogP contribution in [0.5, 0.6) is 0 Å². The van der Waals surface area contributed by atoms with Crippen molar-refractivity contribution in [2.75, 3.05) is 38.1 Å². The second kappa shape index (κ2) is 6.30. The molecule has 0 unspecified atom stereocenters. The Morgan fingerprint density at radius 2 is 1.89 bits per heavy atom. The molecule has 1 fully saturated rings. The molecular weight excluding hydrogens is 238 g/mol. The number of piperazine rings is 1. The third-order valence-corrected chi connectivity index (χ3v) is 3.37. The molecule has 1 aliphatic rings. The van der Waals surface area contributed by atoms with Crippen LogP contribution in [0.25, 0.3) is 0 Å². The molecule has 0 amide bonds. The van der Waals surface area contributed by atoms with Crippen molar-refractivity contribution in [2.24, 2.45) is 0 Å². The van der Waals surface area contributed by atoms with Crippen LogP contribution in [0.1, 0.15) is 25.2 Å². The molecule has 2 heterocycles. The predicted molar refractivity (Wildman–Crippen MR) is 78.5 cm³/mol. The maximum absolute atomic E-state index is 4.69. The highest BCUT2D eigenvalue weighted by atomic mass is 15.3. The topological polar surface area (TPSA) is 44.3 Å². The van der Waals surface area contributed by atoms with Crippen molar-refractivity contribution in [3.8, 4) is 0 Å². The third kappa shape index (κ3) is 4.14. The highest BCUT2D eigenvalue weighted by Gasteiger charge is 2.17. The summed E-state index contributed by atoms with van der Waals surface area (Å²) in [5, 5.41) is 3.41. The number of hydrogen-bond acceptors (Lipinski definition) is 5. The van der Waals surface area contributed by atoms with Crippen LogP contribution in [0.2, 0.25) is 0 Å². The normalized spacial score (nSPS) is 17.2. The molecule has 1 aromatic heterocycles. The van der Waals surface area contributed by atoms with E-state index in [0.29, 0.717) is 6.04 Å². The zero-order valence-corrected chi connectivity index (χ0v) is 12.5. The Bertz CT molecular complexity index is 410. The van der Waals surface area contributed by atoms with Crippen LogP contribution in [0.3, 0.4) is 0 Å². The molecule has 0 aliphatic carbocycles. The van der Waals surface area contributed by atoms with Crippen LogP contribution in [0.4, 0.5) is 5.95 Å². The monoisotopic (exact) mass is 263 g/mol. The van der Waals surface area contributed by atoms with Gasteiger partial charge >= 0.3 is 0 Å². The number of rotatable bonds is 4. The number of aryl methyl sites for hydroxylation is 1.